The van der Waals surface area contributed by atoms with Crippen LogP contribution in [0.5, 0.6) is 0 Å². The van der Waals surface area contributed by atoms with Gasteiger partial charge >= 0.3 is 0 Å². The molecule has 0 radical (unpaired) electrons. The van der Waals surface area contributed by atoms with Crippen LogP contribution in [0.4, 0.5) is 11.8 Å². The van der Waals surface area contributed by atoms with Crippen LogP contribution in [0.2, 0.25) is 0 Å². The molecule has 1 saturated heterocycles. The summed E-state index contributed by atoms with van der Waals surface area (Å²) in [6, 6.07) is 2.02. The Morgan fingerprint density at radius 1 is 1.30 bits per heavy atom. The van der Waals surface area contributed by atoms with Crippen molar-refractivity contribution in [3.8, 4) is 0 Å². The molecule has 1 N–H and O–H groups in total. The quantitative estimate of drug-likeness (QED) is 0.493. The maximum Gasteiger partial charge on any atom is 0.224 e. The van der Waals surface area contributed by atoms with E-state index >= 15 is 0 Å². The largest absolute Gasteiger partial charge is 0.356 e. The van der Waals surface area contributed by atoms with E-state index in [1.807, 2.05) is 18.3 Å². The zero-order chi connectivity index (χ0) is 19.3. The number of rotatable bonds is 10. The Labute approximate surface area is 164 Å². The molecule has 1 fully saturated rings. The van der Waals surface area contributed by atoms with Crippen molar-refractivity contribution in [1.82, 2.24) is 14.9 Å². The van der Waals surface area contributed by atoms with Gasteiger partial charge in [0.2, 0.25) is 5.95 Å². The highest BCUT2D eigenvalue weighted by Crippen LogP contribution is 2.17. The van der Waals surface area contributed by atoms with Gasteiger partial charge in [-0.1, -0.05) is 37.1 Å². The van der Waals surface area contributed by atoms with E-state index in [0.29, 0.717) is 0 Å². The molecular formula is C22H35N5. The lowest BCUT2D eigenvalue weighted by molar-refractivity contribution is 0.385. The normalized spacial score (nSPS) is 16.0. The predicted molar refractivity (Wildman–Crippen MR) is 116 cm³/mol. The summed E-state index contributed by atoms with van der Waals surface area (Å²) in [5, 5.41) is 3.36. The molecule has 0 atom stereocenters. The van der Waals surface area contributed by atoms with Crippen LogP contribution < -0.4 is 10.2 Å². The van der Waals surface area contributed by atoms with Gasteiger partial charge in [-0.05, 0) is 44.9 Å². The zero-order valence-corrected chi connectivity index (χ0v) is 17.0. The van der Waals surface area contributed by atoms with Crippen molar-refractivity contribution in [3.05, 3.63) is 48.7 Å². The summed E-state index contributed by atoms with van der Waals surface area (Å²) in [5.41, 5.74) is 1.30. The van der Waals surface area contributed by atoms with Crippen LogP contribution >= 0.6 is 0 Å². The molecule has 0 aliphatic carbocycles. The molecule has 5 nitrogen and oxygen atoms in total. The summed E-state index contributed by atoms with van der Waals surface area (Å²) < 4.78 is 0. The molecule has 1 aromatic heterocycles. The molecule has 1 aromatic rings. The van der Waals surface area contributed by atoms with Gasteiger partial charge in [-0.2, -0.15) is 4.98 Å². The molecule has 5 heteroatoms. The zero-order valence-electron chi connectivity index (χ0n) is 17.0. The van der Waals surface area contributed by atoms with E-state index in [1.54, 1.807) is 0 Å². The summed E-state index contributed by atoms with van der Waals surface area (Å²) in [4.78, 5) is 13.7. The number of hydrogen-bond donors (Lipinski definition) is 1. The van der Waals surface area contributed by atoms with Crippen molar-refractivity contribution in [2.24, 2.45) is 0 Å². The van der Waals surface area contributed by atoms with E-state index in [1.165, 1.54) is 31.3 Å². The lowest BCUT2D eigenvalue weighted by Gasteiger charge is -2.21. The summed E-state index contributed by atoms with van der Waals surface area (Å²) in [6.07, 6.45) is 16.4. The highest BCUT2D eigenvalue weighted by atomic mass is 15.2. The topological polar surface area (TPSA) is 44.3 Å². The van der Waals surface area contributed by atoms with Gasteiger partial charge in [0.25, 0.3) is 0 Å². The average molecular weight is 370 g/mol. The molecule has 2 heterocycles. The van der Waals surface area contributed by atoms with Crippen LogP contribution in [0.3, 0.4) is 0 Å². The van der Waals surface area contributed by atoms with Gasteiger partial charge in [0.15, 0.2) is 0 Å². The lowest BCUT2D eigenvalue weighted by atomic mass is 10.1. The van der Waals surface area contributed by atoms with Crippen LogP contribution in [-0.4, -0.2) is 54.6 Å². The second kappa shape index (κ2) is 12.3. The third-order valence-electron chi connectivity index (χ3n) is 4.85. The Hall–Kier alpha value is -2.14. The fourth-order valence-corrected chi connectivity index (χ4v) is 3.19. The second-order valence-corrected chi connectivity index (χ2v) is 7.09. The highest BCUT2D eigenvalue weighted by Gasteiger charge is 2.11. The van der Waals surface area contributed by atoms with E-state index in [-0.39, 0.29) is 0 Å². The number of likely N-dealkylation sites (N-methyl/N-ethyl adjacent to an activating group) is 1. The summed E-state index contributed by atoms with van der Waals surface area (Å²) in [7, 11) is 2.13. The first-order chi connectivity index (χ1) is 13.2. The van der Waals surface area contributed by atoms with Crippen molar-refractivity contribution < 1.29 is 0 Å². The Morgan fingerprint density at radius 2 is 2.07 bits per heavy atom. The molecule has 27 heavy (non-hydrogen) atoms. The van der Waals surface area contributed by atoms with Crippen LogP contribution in [0.15, 0.2) is 48.7 Å². The maximum absolute atomic E-state index is 4.71. The van der Waals surface area contributed by atoms with Gasteiger partial charge < -0.3 is 15.1 Å². The number of allylic oxidation sites excluding steroid dienone is 4. The molecule has 0 saturated carbocycles. The molecule has 0 unspecified atom stereocenters. The average Bonchev–Trinajstić information content (AvgIpc) is 2.97. The monoisotopic (exact) mass is 369 g/mol. The highest BCUT2D eigenvalue weighted by molar-refractivity contribution is 5.42. The number of nitrogens with zero attached hydrogens (tertiary/aromatic N) is 4. The van der Waals surface area contributed by atoms with Gasteiger partial charge in [-0.15, -0.1) is 6.58 Å². The van der Waals surface area contributed by atoms with Gasteiger partial charge in [-0.25, -0.2) is 4.98 Å². The first-order valence-corrected chi connectivity index (χ1v) is 10.2. The van der Waals surface area contributed by atoms with E-state index in [9.17, 15) is 0 Å². The van der Waals surface area contributed by atoms with E-state index in [4.69, 9.17) is 4.98 Å². The second-order valence-electron chi connectivity index (χ2n) is 7.09. The minimum absolute atomic E-state index is 0.725. The molecule has 2 rings (SSSR count). The maximum atomic E-state index is 4.71. The van der Waals surface area contributed by atoms with Crippen LogP contribution in [0.25, 0.3) is 0 Å². The lowest BCUT2D eigenvalue weighted by Crippen LogP contribution is -2.27. The minimum Gasteiger partial charge on any atom is -0.356 e. The molecule has 0 aromatic carbocycles. The molecule has 0 amide bonds. The molecule has 0 bridgehead atoms. The van der Waals surface area contributed by atoms with Crippen molar-refractivity contribution in [3.63, 3.8) is 0 Å². The fourth-order valence-electron chi connectivity index (χ4n) is 3.19. The third kappa shape index (κ3) is 7.95. The SMILES string of the molecule is C=CCC(/C=C/CN(C)CCNc1nccc(N2CCCCCC2)n1)=C\C. The summed E-state index contributed by atoms with van der Waals surface area (Å²) in [6.45, 7) is 10.8. The molecular weight excluding hydrogens is 334 g/mol. The molecule has 1 aliphatic heterocycles. The summed E-state index contributed by atoms with van der Waals surface area (Å²) >= 11 is 0. The third-order valence-corrected chi connectivity index (χ3v) is 4.85. The standard InChI is InChI=1S/C22H35N5/c1-4-11-20(5-2)12-10-16-26(3)19-15-24-22-23-14-13-21(25-22)27-17-8-6-7-9-18-27/h4-5,10,12-14H,1,6-9,11,15-19H2,2-3H3,(H,23,24,25)/b12-10+,20-5+. The molecule has 0 spiro atoms. The number of aromatic nitrogens is 2. The van der Waals surface area contributed by atoms with Gasteiger partial charge in [-0.3, -0.25) is 0 Å². The van der Waals surface area contributed by atoms with Gasteiger partial charge in [0.05, 0.1) is 0 Å². The smallest absolute Gasteiger partial charge is 0.224 e. The molecule has 1 aliphatic rings. The Morgan fingerprint density at radius 3 is 2.78 bits per heavy atom. The fraction of sp³-hybridized carbons (Fsp3) is 0.545. The van der Waals surface area contributed by atoms with Crippen molar-refractivity contribution in [1.29, 1.82) is 0 Å². The number of nitrogens with one attached hydrogen (secondary N) is 1. The Bertz CT molecular complexity index is 615. The first kappa shape index (κ1) is 21.2. The minimum atomic E-state index is 0.725. The first-order valence-electron chi connectivity index (χ1n) is 10.2. The van der Waals surface area contributed by atoms with E-state index in [0.717, 1.165) is 50.9 Å². The van der Waals surface area contributed by atoms with E-state index < -0.39 is 0 Å². The predicted octanol–water partition coefficient (Wildman–Crippen LogP) is 4.28. The van der Waals surface area contributed by atoms with Crippen molar-refractivity contribution in [2.45, 2.75) is 39.0 Å². The Kier molecular flexibility index (Phi) is 9.63. The van der Waals surface area contributed by atoms with Crippen LogP contribution in [0, 0.1) is 0 Å². The Balaban J connectivity index is 1.75. The number of anilines is 2. The van der Waals surface area contributed by atoms with Crippen LogP contribution in [0.1, 0.15) is 39.0 Å². The van der Waals surface area contributed by atoms with Crippen LogP contribution in [-0.2, 0) is 0 Å². The van der Waals surface area contributed by atoms with Gasteiger partial charge in [0.1, 0.15) is 5.82 Å². The molecule has 148 valence electrons. The van der Waals surface area contributed by atoms with Crippen molar-refractivity contribution in [2.75, 3.05) is 50.0 Å². The van der Waals surface area contributed by atoms with Crippen molar-refractivity contribution >= 4 is 11.8 Å². The van der Waals surface area contributed by atoms with Gasteiger partial charge in [0, 0.05) is 38.9 Å². The van der Waals surface area contributed by atoms with E-state index in [2.05, 4.69) is 58.9 Å². The summed E-state index contributed by atoms with van der Waals surface area (Å²) in [5.74, 6) is 1.77. The number of hydrogen-bond acceptors (Lipinski definition) is 5.